The molecule has 0 aliphatic heterocycles. The molecule has 0 fully saturated rings. The van der Waals surface area contributed by atoms with Gasteiger partial charge in [-0.3, -0.25) is 4.98 Å². The number of aromatic nitrogens is 3. The Morgan fingerprint density at radius 2 is 1.84 bits per heavy atom. The van der Waals surface area contributed by atoms with Crippen molar-refractivity contribution in [3.05, 3.63) is 48.3 Å². The summed E-state index contributed by atoms with van der Waals surface area (Å²) in [5.74, 6) is 1.08. The van der Waals surface area contributed by atoms with Crippen molar-refractivity contribution >= 4 is 0 Å². The topological polar surface area (TPSA) is 72.0 Å². The first-order chi connectivity index (χ1) is 9.24. The highest BCUT2D eigenvalue weighted by molar-refractivity contribution is 5.61. The van der Waals surface area contributed by atoms with Crippen LogP contribution < -0.4 is 0 Å². The maximum atomic E-state index is 9.69. The van der Waals surface area contributed by atoms with E-state index in [0.29, 0.717) is 17.3 Å². The molecule has 0 amide bonds. The van der Waals surface area contributed by atoms with Crippen molar-refractivity contribution in [3.8, 4) is 28.6 Å². The van der Waals surface area contributed by atoms with Crippen LogP contribution in [0.3, 0.4) is 0 Å². The smallest absolute Gasteiger partial charge is 0.258 e. The second kappa shape index (κ2) is 4.53. The zero-order valence-corrected chi connectivity index (χ0v) is 10.2. The molecule has 3 rings (SSSR count). The van der Waals surface area contributed by atoms with Crippen LogP contribution in [0, 0.1) is 6.92 Å². The van der Waals surface area contributed by atoms with Crippen molar-refractivity contribution in [2.75, 3.05) is 0 Å². The molecule has 0 aliphatic carbocycles. The Morgan fingerprint density at radius 1 is 1.05 bits per heavy atom. The van der Waals surface area contributed by atoms with Gasteiger partial charge in [0.2, 0.25) is 5.82 Å². The van der Waals surface area contributed by atoms with Crippen LogP contribution in [0.2, 0.25) is 0 Å². The molecule has 0 radical (unpaired) electrons. The average molecular weight is 253 g/mol. The summed E-state index contributed by atoms with van der Waals surface area (Å²) in [6.45, 7) is 1.83. The van der Waals surface area contributed by atoms with Gasteiger partial charge in [-0.1, -0.05) is 11.2 Å². The lowest BCUT2D eigenvalue weighted by molar-refractivity contribution is 0.431. The molecular weight excluding hydrogens is 242 g/mol. The quantitative estimate of drug-likeness (QED) is 0.760. The molecule has 19 heavy (non-hydrogen) atoms. The molecule has 0 saturated heterocycles. The van der Waals surface area contributed by atoms with E-state index in [-0.39, 0.29) is 5.75 Å². The predicted octanol–water partition coefficient (Wildman–Crippen LogP) is 2.81. The summed E-state index contributed by atoms with van der Waals surface area (Å²) < 4.78 is 5.21. The molecule has 0 aliphatic rings. The van der Waals surface area contributed by atoms with Gasteiger partial charge >= 0.3 is 0 Å². The number of rotatable bonds is 2. The van der Waals surface area contributed by atoms with Gasteiger partial charge in [0.25, 0.3) is 5.89 Å². The summed E-state index contributed by atoms with van der Waals surface area (Å²) in [6.07, 6.45) is 3.34. The van der Waals surface area contributed by atoms with E-state index in [0.717, 1.165) is 11.1 Å². The van der Waals surface area contributed by atoms with Crippen molar-refractivity contribution in [1.29, 1.82) is 0 Å². The number of nitrogens with zero attached hydrogens (tertiary/aromatic N) is 3. The number of pyridine rings is 1. The molecule has 0 unspecified atom stereocenters. The van der Waals surface area contributed by atoms with E-state index >= 15 is 0 Å². The number of hydrogen-bond donors (Lipinski definition) is 1. The highest BCUT2D eigenvalue weighted by Gasteiger charge is 2.11. The SMILES string of the molecule is Cc1ccc(-c2nc(-c3ccncc3)no2)cc1O. The maximum absolute atomic E-state index is 9.69. The minimum atomic E-state index is 0.209. The molecule has 1 N–H and O–H groups in total. The van der Waals surface area contributed by atoms with Crippen LogP contribution in [-0.4, -0.2) is 20.2 Å². The van der Waals surface area contributed by atoms with Gasteiger partial charge in [0, 0.05) is 23.5 Å². The van der Waals surface area contributed by atoms with E-state index in [1.54, 1.807) is 36.7 Å². The summed E-state index contributed by atoms with van der Waals surface area (Å²) in [4.78, 5) is 8.24. The third kappa shape index (κ3) is 2.18. The summed E-state index contributed by atoms with van der Waals surface area (Å²) in [5, 5.41) is 13.6. The molecule has 3 aromatic rings. The number of aromatic hydroxyl groups is 1. The minimum Gasteiger partial charge on any atom is -0.508 e. The highest BCUT2D eigenvalue weighted by Crippen LogP contribution is 2.26. The second-order valence-corrected chi connectivity index (χ2v) is 4.16. The third-order valence-electron chi connectivity index (χ3n) is 2.82. The molecule has 1 aromatic carbocycles. The van der Waals surface area contributed by atoms with Crippen molar-refractivity contribution in [2.45, 2.75) is 6.92 Å². The van der Waals surface area contributed by atoms with Crippen molar-refractivity contribution < 1.29 is 9.63 Å². The van der Waals surface area contributed by atoms with Gasteiger partial charge in [-0.15, -0.1) is 0 Å². The lowest BCUT2D eigenvalue weighted by Gasteiger charge is -1.99. The molecule has 5 nitrogen and oxygen atoms in total. The standard InChI is InChI=1S/C14H11N3O2/c1-9-2-3-11(8-12(9)18)14-16-13(17-19-14)10-4-6-15-7-5-10/h2-8,18H,1H3. The number of benzene rings is 1. The van der Waals surface area contributed by atoms with Crippen LogP contribution in [0.15, 0.2) is 47.2 Å². The monoisotopic (exact) mass is 253 g/mol. The lowest BCUT2D eigenvalue weighted by Crippen LogP contribution is -1.82. The van der Waals surface area contributed by atoms with Gasteiger partial charge in [-0.2, -0.15) is 4.98 Å². The molecule has 2 aromatic heterocycles. The normalized spacial score (nSPS) is 10.6. The largest absolute Gasteiger partial charge is 0.508 e. The van der Waals surface area contributed by atoms with Gasteiger partial charge in [0.1, 0.15) is 5.75 Å². The summed E-state index contributed by atoms with van der Waals surface area (Å²) >= 11 is 0. The van der Waals surface area contributed by atoms with Crippen LogP contribution in [0.5, 0.6) is 5.75 Å². The Bertz CT molecular complexity index is 708. The zero-order chi connectivity index (χ0) is 13.2. The van der Waals surface area contributed by atoms with Gasteiger partial charge in [-0.05, 0) is 36.8 Å². The fraction of sp³-hybridized carbons (Fsp3) is 0.0714. The van der Waals surface area contributed by atoms with Crippen LogP contribution >= 0.6 is 0 Å². The van der Waals surface area contributed by atoms with Gasteiger partial charge in [0.15, 0.2) is 0 Å². The first-order valence-corrected chi connectivity index (χ1v) is 5.78. The first kappa shape index (κ1) is 11.4. The van der Waals surface area contributed by atoms with E-state index in [2.05, 4.69) is 15.1 Å². The number of phenolic OH excluding ortho intramolecular Hbond substituents is 1. The van der Waals surface area contributed by atoms with Gasteiger partial charge in [0.05, 0.1) is 0 Å². The molecular formula is C14H11N3O2. The van der Waals surface area contributed by atoms with Crippen LogP contribution in [0.1, 0.15) is 5.56 Å². The van der Waals surface area contributed by atoms with Crippen molar-refractivity contribution in [1.82, 2.24) is 15.1 Å². The third-order valence-corrected chi connectivity index (χ3v) is 2.82. The van der Waals surface area contributed by atoms with E-state index in [1.807, 2.05) is 13.0 Å². The average Bonchev–Trinajstić information content (AvgIpc) is 2.93. The predicted molar refractivity (Wildman–Crippen MR) is 69.4 cm³/mol. The van der Waals surface area contributed by atoms with Crippen molar-refractivity contribution in [3.63, 3.8) is 0 Å². The molecule has 94 valence electrons. The van der Waals surface area contributed by atoms with E-state index in [9.17, 15) is 5.11 Å². The van der Waals surface area contributed by atoms with E-state index in [4.69, 9.17) is 4.52 Å². The zero-order valence-electron chi connectivity index (χ0n) is 10.2. The Morgan fingerprint density at radius 3 is 2.58 bits per heavy atom. The molecule has 0 spiro atoms. The van der Waals surface area contributed by atoms with Crippen molar-refractivity contribution in [2.24, 2.45) is 0 Å². The lowest BCUT2D eigenvalue weighted by atomic mass is 10.1. The Hall–Kier alpha value is -2.69. The fourth-order valence-corrected chi connectivity index (χ4v) is 1.70. The minimum absolute atomic E-state index is 0.209. The summed E-state index contributed by atoms with van der Waals surface area (Å²) in [7, 11) is 0. The van der Waals surface area contributed by atoms with Gasteiger partial charge in [-0.25, -0.2) is 0 Å². The summed E-state index contributed by atoms with van der Waals surface area (Å²) in [5.41, 5.74) is 2.33. The summed E-state index contributed by atoms with van der Waals surface area (Å²) in [6, 6.07) is 8.86. The van der Waals surface area contributed by atoms with Crippen LogP contribution in [0.25, 0.3) is 22.8 Å². The van der Waals surface area contributed by atoms with Crippen LogP contribution in [0.4, 0.5) is 0 Å². The molecule has 0 saturated carbocycles. The number of phenols is 1. The number of aryl methyl sites for hydroxylation is 1. The van der Waals surface area contributed by atoms with Gasteiger partial charge < -0.3 is 9.63 Å². The molecule has 2 heterocycles. The Balaban J connectivity index is 1.99. The molecule has 0 bridgehead atoms. The van der Waals surface area contributed by atoms with E-state index in [1.165, 1.54) is 0 Å². The Labute approximate surface area is 109 Å². The van der Waals surface area contributed by atoms with Crippen LogP contribution in [-0.2, 0) is 0 Å². The number of hydrogen-bond acceptors (Lipinski definition) is 5. The fourth-order valence-electron chi connectivity index (χ4n) is 1.70. The first-order valence-electron chi connectivity index (χ1n) is 5.78. The van der Waals surface area contributed by atoms with E-state index < -0.39 is 0 Å². The second-order valence-electron chi connectivity index (χ2n) is 4.16. The maximum Gasteiger partial charge on any atom is 0.258 e. The molecule has 0 atom stereocenters. The highest BCUT2D eigenvalue weighted by atomic mass is 16.5. The Kier molecular flexibility index (Phi) is 2.72. The molecule has 5 heteroatoms.